The van der Waals surface area contributed by atoms with E-state index in [1.807, 2.05) is 0 Å². The van der Waals surface area contributed by atoms with E-state index >= 15 is 0 Å². The van der Waals surface area contributed by atoms with Crippen molar-refractivity contribution in [2.45, 2.75) is 69.1 Å². The smallest absolute Gasteiger partial charge is 0.0837 e. The molecule has 3 heterocycles. The summed E-state index contributed by atoms with van der Waals surface area (Å²) in [4.78, 5) is 5.24. The SMILES string of the molecule is C1CC(N2CCC[C@]3(C[C@@H](OCCN4CCCC4)CO3)C2)C1. The van der Waals surface area contributed by atoms with Crippen molar-refractivity contribution in [2.75, 3.05) is 45.9 Å². The van der Waals surface area contributed by atoms with Gasteiger partial charge in [-0.3, -0.25) is 4.90 Å². The third-order valence-electron chi connectivity index (χ3n) is 6.29. The van der Waals surface area contributed by atoms with Crippen LogP contribution in [0.25, 0.3) is 0 Å². The van der Waals surface area contributed by atoms with E-state index in [0.717, 1.165) is 38.8 Å². The summed E-state index contributed by atoms with van der Waals surface area (Å²) in [5, 5.41) is 0. The van der Waals surface area contributed by atoms with Gasteiger partial charge in [-0.1, -0.05) is 6.42 Å². The Balaban J connectivity index is 1.22. The zero-order valence-corrected chi connectivity index (χ0v) is 14.0. The molecule has 126 valence electrons. The third-order valence-corrected chi connectivity index (χ3v) is 6.29. The maximum absolute atomic E-state index is 6.29. The molecule has 0 N–H and O–H groups in total. The standard InChI is InChI=1S/C18H32N2O2/c1-2-9-19(8-1)11-12-21-17-13-18(22-14-17)7-4-10-20(15-18)16-5-3-6-16/h16-17H,1-15H2/t17-,18+/m1/s1. The van der Waals surface area contributed by atoms with Gasteiger partial charge in [0.05, 0.1) is 24.9 Å². The average Bonchev–Trinajstić information content (AvgIpc) is 3.08. The fraction of sp³-hybridized carbons (Fsp3) is 1.00. The summed E-state index contributed by atoms with van der Waals surface area (Å²) in [5.41, 5.74) is 0.117. The van der Waals surface area contributed by atoms with Crippen molar-refractivity contribution in [1.29, 1.82) is 0 Å². The Bertz CT molecular complexity index is 368. The van der Waals surface area contributed by atoms with Crippen LogP contribution in [0.2, 0.25) is 0 Å². The first-order valence-corrected chi connectivity index (χ1v) is 9.55. The Kier molecular flexibility index (Phi) is 4.72. The fourth-order valence-electron chi connectivity index (χ4n) is 4.74. The predicted octanol–water partition coefficient (Wildman–Crippen LogP) is 2.27. The monoisotopic (exact) mass is 308 g/mol. The first-order chi connectivity index (χ1) is 10.8. The van der Waals surface area contributed by atoms with Crippen LogP contribution in [0.15, 0.2) is 0 Å². The molecule has 4 heteroatoms. The molecule has 0 bridgehead atoms. The van der Waals surface area contributed by atoms with E-state index in [1.54, 1.807) is 0 Å². The zero-order valence-electron chi connectivity index (χ0n) is 14.0. The molecule has 4 fully saturated rings. The molecule has 0 amide bonds. The minimum Gasteiger partial charge on any atom is -0.374 e. The molecule has 4 rings (SSSR count). The minimum absolute atomic E-state index is 0.117. The third kappa shape index (κ3) is 3.35. The largest absolute Gasteiger partial charge is 0.374 e. The van der Waals surface area contributed by atoms with Gasteiger partial charge in [-0.05, 0) is 58.2 Å². The molecule has 2 atom stereocenters. The fourth-order valence-corrected chi connectivity index (χ4v) is 4.74. The van der Waals surface area contributed by atoms with Crippen molar-refractivity contribution in [2.24, 2.45) is 0 Å². The van der Waals surface area contributed by atoms with E-state index in [4.69, 9.17) is 9.47 Å². The Morgan fingerprint density at radius 1 is 1.05 bits per heavy atom. The van der Waals surface area contributed by atoms with Crippen LogP contribution >= 0.6 is 0 Å². The summed E-state index contributed by atoms with van der Waals surface area (Å²) in [6, 6.07) is 0.857. The van der Waals surface area contributed by atoms with Gasteiger partial charge in [0.25, 0.3) is 0 Å². The van der Waals surface area contributed by atoms with Crippen LogP contribution in [-0.4, -0.2) is 73.5 Å². The Hall–Kier alpha value is -0.160. The summed E-state index contributed by atoms with van der Waals surface area (Å²) in [5.74, 6) is 0. The second-order valence-corrected chi connectivity index (χ2v) is 7.90. The molecule has 0 aromatic carbocycles. The van der Waals surface area contributed by atoms with Crippen molar-refractivity contribution in [3.8, 4) is 0 Å². The van der Waals surface area contributed by atoms with E-state index in [0.29, 0.717) is 6.10 Å². The van der Waals surface area contributed by atoms with Crippen LogP contribution in [0.4, 0.5) is 0 Å². The number of piperidine rings is 1. The Labute approximate surface area is 135 Å². The van der Waals surface area contributed by atoms with E-state index in [1.165, 1.54) is 64.6 Å². The maximum Gasteiger partial charge on any atom is 0.0837 e. The van der Waals surface area contributed by atoms with Gasteiger partial charge in [0.2, 0.25) is 0 Å². The number of hydrogen-bond acceptors (Lipinski definition) is 4. The normalized spacial score (nSPS) is 37.9. The Morgan fingerprint density at radius 3 is 2.68 bits per heavy atom. The highest BCUT2D eigenvalue weighted by Crippen LogP contribution is 2.38. The van der Waals surface area contributed by atoms with Crippen molar-refractivity contribution in [3.05, 3.63) is 0 Å². The highest BCUT2D eigenvalue weighted by Gasteiger charge is 2.45. The van der Waals surface area contributed by atoms with Crippen LogP contribution in [-0.2, 0) is 9.47 Å². The number of ether oxygens (including phenoxy) is 2. The molecule has 0 aromatic rings. The molecule has 4 nitrogen and oxygen atoms in total. The van der Waals surface area contributed by atoms with Crippen molar-refractivity contribution >= 4 is 0 Å². The van der Waals surface area contributed by atoms with Crippen LogP contribution in [0, 0.1) is 0 Å². The van der Waals surface area contributed by atoms with Gasteiger partial charge >= 0.3 is 0 Å². The molecular weight excluding hydrogens is 276 g/mol. The van der Waals surface area contributed by atoms with E-state index in [2.05, 4.69) is 9.80 Å². The quantitative estimate of drug-likeness (QED) is 0.778. The number of rotatable bonds is 5. The number of nitrogens with zero attached hydrogens (tertiary/aromatic N) is 2. The lowest BCUT2D eigenvalue weighted by atomic mass is 9.84. The lowest BCUT2D eigenvalue weighted by molar-refractivity contribution is -0.0706. The van der Waals surface area contributed by atoms with Crippen LogP contribution < -0.4 is 0 Å². The second kappa shape index (κ2) is 6.76. The molecule has 0 aromatic heterocycles. The van der Waals surface area contributed by atoms with Crippen LogP contribution in [0.3, 0.4) is 0 Å². The Morgan fingerprint density at radius 2 is 1.91 bits per heavy atom. The summed E-state index contributed by atoms with van der Waals surface area (Å²) in [7, 11) is 0. The minimum atomic E-state index is 0.117. The van der Waals surface area contributed by atoms with E-state index in [9.17, 15) is 0 Å². The summed E-state index contributed by atoms with van der Waals surface area (Å²) in [6.45, 7) is 7.79. The topological polar surface area (TPSA) is 24.9 Å². The van der Waals surface area contributed by atoms with Crippen LogP contribution in [0.5, 0.6) is 0 Å². The molecule has 4 aliphatic rings. The molecule has 0 radical (unpaired) electrons. The summed E-state index contributed by atoms with van der Waals surface area (Å²) >= 11 is 0. The van der Waals surface area contributed by atoms with Gasteiger partial charge in [-0.15, -0.1) is 0 Å². The predicted molar refractivity (Wildman–Crippen MR) is 87.2 cm³/mol. The first-order valence-electron chi connectivity index (χ1n) is 9.55. The maximum atomic E-state index is 6.29. The highest BCUT2D eigenvalue weighted by atomic mass is 16.6. The molecule has 1 saturated carbocycles. The first kappa shape index (κ1) is 15.4. The number of hydrogen-bond donors (Lipinski definition) is 0. The van der Waals surface area contributed by atoms with E-state index in [-0.39, 0.29) is 5.60 Å². The van der Waals surface area contributed by atoms with Gasteiger partial charge in [-0.2, -0.15) is 0 Å². The van der Waals surface area contributed by atoms with Gasteiger partial charge in [0.15, 0.2) is 0 Å². The van der Waals surface area contributed by atoms with Crippen molar-refractivity contribution in [3.63, 3.8) is 0 Å². The number of likely N-dealkylation sites (tertiary alicyclic amines) is 2. The van der Waals surface area contributed by atoms with Crippen molar-refractivity contribution in [1.82, 2.24) is 9.80 Å². The van der Waals surface area contributed by atoms with Gasteiger partial charge in [0.1, 0.15) is 0 Å². The molecule has 22 heavy (non-hydrogen) atoms. The second-order valence-electron chi connectivity index (χ2n) is 7.90. The molecule has 1 aliphatic carbocycles. The van der Waals surface area contributed by atoms with E-state index < -0.39 is 0 Å². The lowest BCUT2D eigenvalue weighted by Crippen LogP contribution is -2.53. The molecule has 3 aliphatic heterocycles. The van der Waals surface area contributed by atoms with Crippen LogP contribution in [0.1, 0.15) is 51.4 Å². The van der Waals surface area contributed by atoms with Gasteiger partial charge in [0, 0.05) is 25.6 Å². The molecular formula is C18H32N2O2. The zero-order chi connectivity index (χ0) is 14.8. The van der Waals surface area contributed by atoms with Gasteiger partial charge in [-0.25, -0.2) is 0 Å². The van der Waals surface area contributed by atoms with Crippen molar-refractivity contribution < 1.29 is 9.47 Å². The molecule has 0 unspecified atom stereocenters. The summed E-state index contributed by atoms with van der Waals surface area (Å²) < 4.78 is 12.4. The molecule has 3 saturated heterocycles. The summed E-state index contributed by atoms with van der Waals surface area (Å²) in [6.07, 6.45) is 11.0. The average molecular weight is 308 g/mol. The highest BCUT2D eigenvalue weighted by molar-refractivity contribution is 4.98. The lowest BCUT2D eigenvalue weighted by Gasteiger charge is -2.46. The molecule has 1 spiro atoms. The van der Waals surface area contributed by atoms with Gasteiger partial charge < -0.3 is 14.4 Å².